The molecule has 0 aliphatic rings. The third-order valence-electron chi connectivity index (χ3n) is 6.09. The molecule has 0 fully saturated rings. The van der Waals surface area contributed by atoms with E-state index in [0.29, 0.717) is 31.1 Å². The Balaban J connectivity index is 0. The molecule has 0 spiro atoms. The van der Waals surface area contributed by atoms with Crippen LogP contribution in [0.3, 0.4) is 0 Å². The Morgan fingerprint density at radius 2 is 1.71 bits per heavy atom. The first-order chi connectivity index (χ1) is 20.1. The molecule has 7 heteroatoms. The number of aromatic nitrogens is 1. The zero-order valence-electron chi connectivity index (χ0n) is 28.8. The first-order valence-corrected chi connectivity index (χ1v) is 16.0. The molecule has 0 saturated heterocycles. The number of aliphatic hydroxyl groups is 1. The summed E-state index contributed by atoms with van der Waals surface area (Å²) in [5.41, 5.74) is 2.84. The van der Waals surface area contributed by atoms with Crippen LogP contribution in [0.1, 0.15) is 120 Å². The number of para-hydroxylation sites is 1. The van der Waals surface area contributed by atoms with Gasteiger partial charge >= 0.3 is 6.09 Å². The summed E-state index contributed by atoms with van der Waals surface area (Å²) in [6.45, 7) is 24.8. The molecule has 240 valence electrons. The largest absolute Gasteiger partial charge is 0.442 e. The second-order valence-corrected chi connectivity index (χ2v) is 9.83. The summed E-state index contributed by atoms with van der Waals surface area (Å²) in [6, 6.07) is 7.85. The van der Waals surface area contributed by atoms with Crippen molar-refractivity contribution in [2.24, 2.45) is 4.99 Å². The Morgan fingerprint density at radius 1 is 1.10 bits per heavy atom. The maximum Gasteiger partial charge on any atom is 0.413 e. The summed E-state index contributed by atoms with van der Waals surface area (Å²) in [5.74, 6) is 0.401. The number of allylic oxidation sites excluding steroid dienone is 1. The Labute approximate surface area is 257 Å². The van der Waals surface area contributed by atoms with E-state index in [1.54, 1.807) is 13.8 Å². The third-order valence-corrected chi connectivity index (χ3v) is 6.09. The van der Waals surface area contributed by atoms with Crippen molar-refractivity contribution < 1.29 is 19.4 Å². The van der Waals surface area contributed by atoms with Crippen molar-refractivity contribution in [3.8, 4) is 0 Å². The zero-order chi connectivity index (χ0) is 32.6. The fraction of sp³-hybridized carbons (Fsp3) is 0.629. The van der Waals surface area contributed by atoms with Crippen LogP contribution in [0.25, 0.3) is 10.9 Å². The number of aliphatic imine (C=N–C) groups is 1. The molecule has 1 aromatic heterocycles. The number of rotatable bonds is 13. The molecule has 0 bridgehead atoms. The van der Waals surface area contributed by atoms with Crippen molar-refractivity contribution in [1.82, 2.24) is 4.98 Å². The summed E-state index contributed by atoms with van der Waals surface area (Å²) in [6.07, 6.45) is 8.78. The molecule has 1 unspecified atom stereocenters. The first-order valence-electron chi connectivity index (χ1n) is 16.0. The molecule has 7 nitrogen and oxygen atoms in total. The Bertz CT molecular complexity index is 1040. The van der Waals surface area contributed by atoms with Gasteiger partial charge in [-0.2, -0.15) is 0 Å². The number of fused-ring (bicyclic) bond motifs is 1. The first kappa shape index (κ1) is 41.4. The van der Waals surface area contributed by atoms with Crippen molar-refractivity contribution in [3.63, 3.8) is 0 Å². The van der Waals surface area contributed by atoms with Gasteiger partial charge in [-0.05, 0) is 71.1 Å². The highest BCUT2D eigenvalue weighted by molar-refractivity contribution is 5.98. The van der Waals surface area contributed by atoms with E-state index >= 15 is 0 Å². The van der Waals surface area contributed by atoms with Gasteiger partial charge in [-0.25, -0.2) is 9.78 Å². The van der Waals surface area contributed by atoms with E-state index in [-0.39, 0.29) is 6.10 Å². The summed E-state index contributed by atoms with van der Waals surface area (Å²) in [4.78, 5) is 22.2. The molecule has 0 aliphatic carbocycles. The number of hydrogen-bond donors (Lipinski definition) is 2. The maximum absolute atomic E-state index is 12.7. The van der Waals surface area contributed by atoms with Crippen molar-refractivity contribution in [2.45, 2.75) is 133 Å². The number of nitrogens with one attached hydrogen (secondary N) is 1. The van der Waals surface area contributed by atoms with Gasteiger partial charge < -0.3 is 14.6 Å². The van der Waals surface area contributed by atoms with Crippen molar-refractivity contribution >= 4 is 34.2 Å². The van der Waals surface area contributed by atoms with Crippen molar-refractivity contribution in [2.75, 3.05) is 18.5 Å². The number of carbonyl (C=O) groups is 1. The summed E-state index contributed by atoms with van der Waals surface area (Å²) >= 11 is 0. The fourth-order valence-electron chi connectivity index (χ4n) is 3.27. The predicted octanol–water partition coefficient (Wildman–Crippen LogP) is 10.4. The Hall–Kier alpha value is -2.77. The highest BCUT2D eigenvalue weighted by Gasteiger charge is 2.17. The average molecular weight is 588 g/mol. The van der Waals surface area contributed by atoms with Crippen LogP contribution in [-0.4, -0.2) is 46.8 Å². The average Bonchev–Trinajstić information content (AvgIpc) is 3.00. The summed E-state index contributed by atoms with van der Waals surface area (Å²) in [5, 5.41) is 12.7. The standard InChI is InChI=1S/C26H37N3O3.C5H12O.2C2H6/c1-6-10-11-12-15-21(8-3)32-26(30)29-25-24(27-20(7-2)18-31-9-4)19(5)22-16-13-14-17-23(22)28-25;1-4-5(2,3)6;2*1-2/h12-17,21H,6-11,18H2,1-5H3,(H,28,29,30);6H,4H2,1-3H3;2*1-2H3/b15-12+,27-20?;;;. The molecular formula is C35H61N3O4. The van der Waals surface area contributed by atoms with E-state index in [9.17, 15) is 4.79 Å². The number of amides is 1. The molecule has 2 N–H and O–H groups in total. The number of unbranched alkanes of at least 4 members (excludes halogenated alkanes) is 2. The number of aryl methyl sites for hydroxylation is 1. The lowest BCUT2D eigenvalue weighted by Gasteiger charge is -2.16. The van der Waals surface area contributed by atoms with Gasteiger partial charge in [0.15, 0.2) is 5.82 Å². The molecule has 1 heterocycles. The minimum absolute atomic E-state index is 0.274. The van der Waals surface area contributed by atoms with Crippen molar-refractivity contribution in [3.05, 3.63) is 42.0 Å². The van der Waals surface area contributed by atoms with Crippen LogP contribution < -0.4 is 5.32 Å². The molecule has 1 amide bonds. The van der Waals surface area contributed by atoms with Gasteiger partial charge in [0.25, 0.3) is 0 Å². The number of pyridine rings is 1. The number of ether oxygens (including phenoxy) is 2. The molecular weight excluding hydrogens is 526 g/mol. The highest BCUT2D eigenvalue weighted by Crippen LogP contribution is 2.33. The van der Waals surface area contributed by atoms with E-state index in [0.717, 1.165) is 54.3 Å². The SMILES string of the molecule is CC.CC.CCC(C)(C)O.CCCC/C=C/C(CC)OC(=O)Nc1nc2ccccc2c(C)c1N=C(CC)COCC. The van der Waals surface area contributed by atoms with Crippen LogP contribution >= 0.6 is 0 Å². The number of carbonyl (C=O) groups excluding carboxylic acids is 1. The monoisotopic (exact) mass is 587 g/mol. The van der Waals surface area contributed by atoms with Crippen LogP contribution in [0.2, 0.25) is 0 Å². The number of nitrogens with zero attached hydrogens (tertiary/aromatic N) is 2. The van der Waals surface area contributed by atoms with E-state index in [1.165, 1.54) is 0 Å². The van der Waals surface area contributed by atoms with Crippen LogP contribution in [0.5, 0.6) is 0 Å². The van der Waals surface area contributed by atoms with E-state index in [2.05, 4.69) is 23.3 Å². The van der Waals surface area contributed by atoms with Gasteiger partial charge in [-0.1, -0.05) is 92.5 Å². The molecule has 1 aromatic carbocycles. The summed E-state index contributed by atoms with van der Waals surface area (Å²) in [7, 11) is 0. The normalized spacial score (nSPS) is 11.9. The minimum atomic E-state index is -0.529. The van der Waals surface area contributed by atoms with Gasteiger partial charge in [0.1, 0.15) is 11.8 Å². The lowest BCUT2D eigenvalue weighted by molar-refractivity contribution is 0.0765. The zero-order valence-corrected chi connectivity index (χ0v) is 28.8. The van der Waals surface area contributed by atoms with E-state index in [4.69, 9.17) is 19.6 Å². The second kappa shape index (κ2) is 24.8. The Morgan fingerprint density at radius 3 is 2.24 bits per heavy atom. The smallest absolute Gasteiger partial charge is 0.413 e. The maximum atomic E-state index is 12.7. The lowest BCUT2D eigenvalue weighted by Crippen LogP contribution is -2.21. The lowest BCUT2D eigenvalue weighted by atomic mass is 10.1. The van der Waals surface area contributed by atoms with E-state index < -0.39 is 11.7 Å². The second-order valence-electron chi connectivity index (χ2n) is 9.83. The Kier molecular flexibility index (Phi) is 24.4. The molecule has 1 atom stereocenters. The fourth-order valence-corrected chi connectivity index (χ4v) is 3.27. The molecule has 0 radical (unpaired) electrons. The minimum Gasteiger partial charge on any atom is -0.442 e. The molecule has 42 heavy (non-hydrogen) atoms. The molecule has 2 aromatic rings. The summed E-state index contributed by atoms with van der Waals surface area (Å²) < 4.78 is 11.2. The van der Waals surface area contributed by atoms with Crippen LogP contribution in [0, 0.1) is 6.92 Å². The quantitative estimate of drug-likeness (QED) is 0.138. The molecule has 2 rings (SSSR count). The molecule has 0 saturated carbocycles. The van der Waals surface area contributed by atoms with Gasteiger partial charge in [0.05, 0.1) is 17.7 Å². The highest BCUT2D eigenvalue weighted by atomic mass is 16.6. The number of benzene rings is 1. The van der Waals surface area contributed by atoms with Crippen molar-refractivity contribution in [1.29, 1.82) is 0 Å². The van der Waals surface area contributed by atoms with Crippen LogP contribution in [0.15, 0.2) is 41.4 Å². The van der Waals surface area contributed by atoms with Gasteiger partial charge in [0, 0.05) is 17.7 Å². The van der Waals surface area contributed by atoms with Crippen LogP contribution in [-0.2, 0) is 9.47 Å². The van der Waals surface area contributed by atoms with Gasteiger partial charge in [-0.15, -0.1) is 0 Å². The van der Waals surface area contributed by atoms with Crippen LogP contribution in [0.4, 0.5) is 16.3 Å². The van der Waals surface area contributed by atoms with Gasteiger partial charge in [-0.3, -0.25) is 10.3 Å². The topological polar surface area (TPSA) is 93.0 Å². The number of anilines is 1. The third kappa shape index (κ3) is 17.2. The number of hydrogen-bond acceptors (Lipinski definition) is 6. The van der Waals surface area contributed by atoms with E-state index in [1.807, 2.05) is 92.7 Å². The van der Waals surface area contributed by atoms with Gasteiger partial charge in [0.2, 0.25) is 0 Å². The predicted molar refractivity (Wildman–Crippen MR) is 182 cm³/mol. The molecule has 0 aliphatic heterocycles.